The molecule has 0 aliphatic heterocycles. The molecular weight excluding hydrogens is 291 g/mol. The summed E-state index contributed by atoms with van der Waals surface area (Å²) < 4.78 is 13.1. The highest BCUT2D eigenvalue weighted by Gasteiger charge is 2.32. The highest BCUT2D eigenvalue weighted by Crippen LogP contribution is 2.30. The molecule has 0 heterocycles. The van der Waals surface area contributed by atoms with Gasteiger partial charge in [-0.05, 0) is 37.6 Å². The molecule has 1 aliphatic carbocycles. The van der Waals surface area contributed by atoms with Crippen molar-refractivity contribution in [3.8, 4) is 0 Å². The van der Waals surface area contributed by atoms with Gasteiger partial charge >= 0.3 is 0 Å². The summed E-state index contributed by atoms with van der Waals surface area (Å²) in [5, 5.41) is 6.31. The highest BCUT2D eigenvalue weighted by atomic mass is 35.5. The Bertz CT molecular complexity index is 501. The minimum Gasteiger partial charge on any atom is -0.352 e. The minimum atomic E-state index is -0.442. The lowest BCUT2D eigenvalue weighted by Gasteiger charge is -2.36. The van der Waals surface area contributed by atoms with Gasteiger partial charge in [-0.1, -0.05) is 36.9 Å². The second-order valence-corrected chi connectivity index (χ2v) is 6.20. The molecule has 0 atom stereocenters. The lowest BCUT2D eigenvalue weighted by Crippen LogP contribution is -2.48. The van der Waals surface area contributed by atoms with E-state index < -0.39 is 5.82 Å². The maximum Gasteiger partial charge on any atom is 0.222 e. The van der Waals surface area contributed by atoms with Crippen molar-refractivity contribution in [3.05, 3.63) is 34.6 Å². The topological polar surface area (TPSA) is 41.1 Å². The number of halogens is 2. The van der Waals surface area contributed by atoms with E-state index in [1.165, 1.54) is 25.3 Å². The molecule has 0 saturated heterocycles. The standard InChI is InChI=1S/C16H22ClFN2O/c1-19-16(7-3-2-4-8-16)10-15(21)20-11-12-5-6-14(18)13(17)9-12/h5-6,9,19H,2-4,7-8,10-11H2,1H3,(H,20,21). The molecule has 1 amide bonds. The summed E-state index contributed by atoms with van der Waals surface area (Å²) >= 11 is 5.73. The average molecular weight is 313 g/mol. The van der Waals surface area contributed by atoms with Gasteiger partial charge < -0.3 is 10.6 Å². The van der Waals surface area contributed by atoms with E-state index in [1.807, 2.05) is 7.05 Å². The number of carbonyl (C=O) groups is 1. The molecule has 0 spiro atoms. The van der Waals surface area contributed by atoms with Gasteiger partial charge in [0, 0.05) is 18.5 Å². The van der Waals surface area contributed by atoms with Crippen molar-refractivity contribution < 1.29 is 9.18 Å². The summed E-state index contributed by atoms with van der Waals surface area (Å²) in [7, 11) is 1.93. The fraction of sp³-hybridized carbons (Fsp3) is 0.562. The van der Waals surface area contributed by atoms with E-state index in [0.29, 0.717) is 13.0 Å². The summed E-state index contributed by atoms with van der Waals surface area (Å²) in [6.45, 7) is 0.374. The van der Waals surface area contributed by atoms with Crippen LogP contribution in [-0.4, -0.2) is 18.5 Å². The van der Waals surface area contributed by atoms with Gasteiger partial charge in [-0.2, -0.15) is 0 Å². The molecule has 1 saturated carbocycles. The number of nitrogens with one attached hydrogen (secondary N) is 2. The Morgan fingerprint density at radius 1 is 1.33 bits per heavy atom. The van der Waals surface area contributed by atoms with Gasteiger partial charge in [0.25, 0.3) is 0 Å². The number of rotatable bonds is 5. The monoisotopic (exact) mass is 312 g/mol. The zero-order valence-corrected chi connectivity index (χ0v) is 13.1. The number of carbonyl (C=O) groups excluding carboxylic acids is 1. The third-order valence-electron chi connectivity index (χ3n) is 4.31. The number of amides is 1. The summed E-state index contributed by atoms with van der Waals surface area (Å²) in [6, 6.07) is 4.50. The van der Waals surface area contributed by atoms with E-state index in [1.54, 1.807) is 12.1 Å². The van der Waals surface area contributed by atoms with Crippen molar-refractivity contribution >= 4 is 17.5 Å². The summed E-state index contributed by atoms with van der Waals surface area (Å²) in [5.74, 6) is -0.421. The van der Waals surface area contributed by atoms with Crippen molar-refractivity contribution in [2.45, 2.75) is 50.6 Å². The Morgan fingerprint density at radius 2 is 2.05 bits per heavy atom. The molecule has 0 bridgehead atoms. The Labute approximate surface area is 130 Å². The van der Waals surface area contributed by atoms with Crippen LogP contribution >= 0.6 is 11.6 Å². The third-order valence-corrected chi connectivity index (χ3v) is 4.60. The van der Waals surface area contributed by atoms with E-state index in [0.717, 1.165) is 18.4 Å². The van der Waals surface area contributed by atoms with Crippen molar-refractivity contribution in [1.82, 2.24) is 10.6 Å². The normalized spacial score (nSPS) is 17.5. The van der Waals surface area contributed by atoms with E-state index in [-0.39, 0.29) is 16.5 Å². The first-order chi connectivity index (χ1) is 10.0. The second-order valence-electron chi connectivity index (χ2n) is 5.79. The van der Waals surface area contributed by atoms with Crippen molar-refractivity contribution in [2.24, 2.45) is 0 Å². The molecule has 1 aromatic rings. The van der Waals surface area contributed by atoms with Crippen LogP contribution in [0.25, 0.3) is 0 Å². The summed E-state index contributed by atoms with van der Waals surface area (Å²) in [4.78, 5) is 12.1. The molecule has 116 valence electrons. The van der Waals surface area contributed by atoms with Gasteiger partial charge in [0.05, 0.1) is 5.02 Å². The van der Waals surface area contributed by atoms with Crippen LogP contribution in [0.1, 0.15) is 44.1 Å². The first kappa shape index (κ1) is 16.2. The largest absolute Gasteiger partial charge is 0.352 e. The minimum absolute atomic E-state index is 0.0201. The van der Waals surface area contributed by atoms with Gasteiger partial charge in [-0.3, -0.25) is 4.79 Å². The molecule has 1 aromatic carbocycles. The molecule has 1 aliphatic rings. The van der Waals surface area contributed by atoms with Crippen molar-refractivity contribution in [1.29, 1.82) is 0 Å². The van der Waals surface area contributed by atoms with E-state index >= 15 is 0 Å². The van der Waals surface area contributed by atoms with Crippen LogP contribution < -0.4 is 10.6 Å². The van der Waals surface area contributed by atoms with Crippen LogP contribution in [0.4, 0.5) is 4.39 Å². The van der Waals surface area contributed by atoms with Gasteiger partial charge in [0.15, 0.2) is 0 Å². The van der Waals surface area contributed by atoms with Crippen LogP contribution in [0.2, 0.25) is 5.02 Å². The molecular formula is C16H22ClFN2O. The van der Waals surface area contributed by atoms with Crippen molar-refractivity contribution in [3.63, 3.8) is 0 Å². The van der Waals surface area contributed by atoms with Gasteiger partial charge in [-0.15, -0.1) is 0 Å². The third kappa shape index (κ3) is 4.42. The lowest BCUT2D eigenvalue weighted by atomic mass is 9.79. The molecule has 2 N–H and O–H groups in total. The number of benzene rings is 1. The Balaban J connectivity index is 1.87. The molecule has 0 unspecified atom stereocenters. The number of hydrogen-bond donors (Lipinski definition) is 2. The van der Waals surface area contributed by atoms with E-state index in [9.17, 15) is 9.18 Å². The van der Waals surface area contributed by atoms with Gasteiger partial charge in [-0.25, -0.2) is 4.39 Å². The molecule has 21 heavy (non-hydrogen) atoms. The fourth-order valence-electron chi connectivity index (χ4n) is 2.96. The van der Waals surface area contributed by atoms with Gasteiger partial charge in [0.2, 0.25) is 5.91 Å². The quantitative estimate of drug-likeness (QED) is 0.875. The van der Waals surface area contributed by atoms with Crippen LogP contribution in [0.3, 0.4) is 0 Å². The smallest absolute Gasteiger partial charge is 0.222 e. The molecule has 1 fully saturated rings. The summed E-state index contributed by atoms with van der Waals surface area (Å²) in [5.41, 5.74) is 0.736. The van der Waals surface area contributed by atoms with Crippen LogP contribution in [0.15, 0.2) is 18.2 Å². The summed E-state index contributed by atoms with van der Waals surface area (Å²) in [6.07, 6.45) is 6.15. The van der Waals surface area contributed by atoms with Crippen LogP contribution in [0, 0.1) is 5.82 Å². The zero-order chi connectivity index (χ0) is 15.3. The van der Waals surface area contributed by atoms with Crippen LogP contribution in [-0.2, 0) is 11.3 Å². The van der Waals surface area contributed by atoms with E-state index in [2.05, 4.69) is 10.6 Å². The molecule has 0 radical (unpaired) electrons. The Hall–Kier alpha value is -1.13. The maximum absolute atomic E-state index is 13.1. The Kier molecular flexibility index (Phi) is 5.59. The predicted molar refractivity (Wildman–Crippen MR) is 82.7 cm³/mol. The Morgan fingerprint density at radius 3 is 2.67 bits per heavy atom. The highest BCUT2D eigenvalue weighted by molar-refractivity contribution is 6.30. The van der Waals surface area contributed by atoms with Gasteiger partial charge in [0.1, 0.15) is 5.82 Å². The first-order valence-corrected chi connectivity index (χ1v) is 7.82. The second kappa shape index (κ2) is 7.23. The molecule has 0 aromatic heterocycles. The lowest BCUT2D eigenvalue weighted by molar-refractivity contribution is -0.123. The molecule has 5 heteroatoms. The molecule has 3 nitrogen and oxygen atoms in total. The first-order valence-electron chi connectivity index (χ1n) is 7.44. The molecule has 2 rings (SSSR count). The average Bonchev–Trinajstić information content (AvgIpc) is 2.49. The number of hydrogen-bond acceptors (Lipinski definition) is 2. The SMILES string of the molecule is CNC1(CC(=O)NCc2ccc(F)c(Cl)c2)CCCCC1. The maximum atomic E-state index is 13.1. The fourth-order valence-corrected chi connectivity index (χ4v) is 3.17. The predicted octanol–water partition coefficient (Wildman–Crippen LogP) is 3.41. The van der Waals surface area contributed by atoms with E-state index in [4.69, 9.17) is 11.6 Å². The zero-order valence-electron chi connectivity index (χ0n) is 12.3. The van der Waals surface area contributed by atoms with Crippen molar-refractivity contribution in [2.75, 3.05) is 7.05 Å². The van der Waals surface area contributed by atoms with Crippen LogP contribution in [0.5, 0.6) is 0 Å².